The van der Waals surface area contributed by atoms with E-state index in [1.807, 2.05) is 0 Å². The van der Waals surface area contributed by atoms with Crippen LogP contribution in [0.4, 0.5) is 0 Å². The van der Waals surface area contributed by atoms with Crippen molar-refractivity contribution in [2.75, 3.05) is 7.11 Å². The lowest BCUT2D eigenvalue weighted by molar-refractivity contribution is -0.146. The van der Waals surface area contributed by atoms with Gasteiger partial charge in [-0.3, -0.25) is 4.79 Å². The Morgan fingerprint density at radius 2 is 1.84 bits per heavy atom. The molecule has 1 rings (SSSR count). The second-order valence-corrected chi connectivity index (χ2v) is 5.09. The van der Waals surface area contributed by atoms with Crippen molar-refractivity contribution >= 4 is 5.97 Å². The minimum atomic E-state index is -0.0371. The van der Waals surface area contributed by atoms with Crippen LogP contribution in [0.2, 0.25) is 0 Å². The first-order valence-corrected chi connectivity index (χ1v) is 7.39. The zero-order valence-electron chi connectivity index (χ0n) is 12.2. The highest BCUT2D eigenvalue weighted by atomic mass is 16.5. The molecule has 0 spiro atoms. The van der Waals surface area contributed by atoms with E-state index in [0.29, 0.717) is 0 Å². The number of carbonyl (C=O) groups excluding carboxylic acids is 1. The van der Waals surface area contributed by atoms with Gasteiger partial charge in [-0.25, -0.2) is 0 Å². The van der Waals surface area contributed by atoms with Crippen molar-refractivity contribution in [3.05, 3.63) is 35.9 Å². The highest BCUT2D eigenvalue weighted by Gasteiger charge is 2.17. The summed E-state index contributed by atoms with van der Waals surface area (Å²) in [5, 5.41) is 0. The van der Waals surface area contributed by atoms with Crippen LogP contribution in [-0.2, 0) is 16.0 Å². The van der Waals surface area contributed by atoms with Crippen LogP contribution >= 0.6 is 0 Å². The maximum atomic E-state index is 11.6. The maximum absolute atomic E-state index is 11.6. The van der Waals surface area contributed by atoms with Gasteiger partial charge in [-0.1, -0.05) is 56.5 Å². The predicted octanol–water partition coefficient (Wildman–Crippen LogP) is 4.38. The fourth-order valence-corrected chi connectivity index (χ4v) is 2.44. The monoisotopic (exact) mass is 262 g/mol. The van der Waals surface area contributed by atoms with E-state index in [1.165, 1.54) is 25.5 Å². The van der Waals surface area contributed by atoms with Gasteiger partial charge >= 0.3 is 5.97 Å². The Bertz CT molecular complexity index is 346. The Hall–Kier alpha value is -1.31. The molecule has 1 aromatic carbocycles. The Morgan fingerprint density at radius 1 is 1.11 bits per heavy atom. The molecular weight excluding hydrogens is 236 g/mol. The molecule has 0 saturated carbocycles. The van der Waals surface area contributed by atoms with Gasteiger partial charge in [0.25, 0.3) is 0 Å². The number of carbonyl (C=O) groups is 1. The third-order valence-electron chi connectivity index (χ3n) is 3.53. The summed E-state index contributed by atoms with van der Waals surface area (Å²) in [6, 6.07) is 10.6. The molecule has 0 radical (unpaired) electrons. The first kappa shape index (κ1) is 15.7. The van der Waals surface area contributed by atoms with Gasteiger partial charge in [0.1, 0.15) is 0 Å². The van der Waals surface area contributed by atoms with E-state index in [1.54, 1.807) is 0 Å². The predicted molar refractivity (Wildman–Crippen MR) is 79.0 cm³/mol. The SMILES string of the molecule is CCC[C@@H](CCCCCc1ccccc1)C(=O)OC. The lowest BCUT2D eigenvalue weighted by Crippen LogP contribution is -2.16. The molecule has 0 saturated heterocycles. The van der Waals surface area contributed by atoms with Gasteiger partial charge in [-0.05, 0) is 31.2 Å². The normalized spacial score (nSPS) is 12.1. The summed E-state index contributed by atoms with van der Waals surface area (Å²) >= 11 is 0. The summed E-state index contributed by atoms with van der Waals surface area (Å²) in [6.07, 6.45) is 7.60. The van der Waals surface area contributed by atoms with Crippen molar-refractivity contribution in [2.24, 2.45) is 5.92 Å². The number of hydrogen-bond acceptors (Lipinski definition) is 2. The van der Waals surface area contributed by atoms with Crippen molar-refractivity contribution in [1.29, 1.82) is 0 Å². The van der Waals surface area contributed by atoms with Gasteiger partial charge in [0.15, 0.2) is 0 Å². The summed E-state index contributed by atoms with van der Waals surface area (Å²) in [6.45, 7) is 2.12. The molecule has 0 N–H and O–H groups in total. The van der Waals surface area contributed by atoms with Crippen LogP contribution in [0.15, 0.2) is 30.3 Å². The fourth-order valence-electron chi connectivity index (χ4n) is 2.44. The van der Waals surface area contributed by atoms with E-state index in [4.69, 9.17) is 4.74 Å². The summed E-state index contributed by atoms with van der Waals surface area (Å²) in [4.78, 5) is 11.6. The van der Waals surface area contributed by atoms with Gasteiger partial charge in [0.2, 0.25) is 0 Å². The smallest absolute Gasteiger partial charge is 0.308 e. The van der Waals surface area contributed by atoms with Gasteiger partial charge in [0, 0.05) is 0 Å². The molecule has 0 unspecified atom stereocenters. The average Bonchev–Trinajstić information content (AvgIpc) is 2.46. The summed E-state index contributed by atoms with van der Waals surface area (Å²) in [5.41, 5.74) is 1.40. The minimum Gasteiger partial charge on any atom is -0.469 e. The molecule has 19 heavy (non-hydrogen) atoms. The number of hydrogen-bond donors (Lipinski definition) is 0. The first-order chi connectivity index (χ1) is 9.27. The number of esters is 1. The molecule has 0 aliphatic rings. The van der Waals surface area contributed by atoms with E-state index < -0.39 is 0 Å². The highest BCUT2D eigenvalue weighted by molar-refractivity contribution is 5.72. The zero-order chi connectivity index (χ0) is 13.9. The summed E-state index contributed by atoms with van der Waals surface area (Å²) in [5.74, 6) is 0.0663. The number of benzene rings is 1. The van der Waals surface area contributed by atoms with E-state index in [-0.39, 0.29) is 11.9 Å². The molecular formula is C17H26O2. The minimum absolute atomic E-state index is 0.0371. The zero-order valence-corrected chi connectivity index (χ0v) is 12.2. The fraction of sp³-hybridized carbons (Fsp3) is 0.588. The van der Waals surface area contributed by atoms with E-state index >= 15 is 0 Å². The van der Waals surface area contributed by atoms with Crippen molar-refractivity contribution in [3.63, 3.8) is 0 Å². The van der Waals surface area contributed by atoms with Crippen molar-refractivity contribution in [3.8, 4) is 0 Å². The topological polar surface area (TPSA) is 26.3 Å². The third kappa shape index (κ3) is 6.42. The van der Waals surface area contributed by atoms with Crippen LogP contribution in [0.1, 0.15) is 51.0 Å². The Labute approximate surface area is 117 Å². The van der Waals surface area contributed by atoms with Crippen molar-refractivity contribution in [2.45, 2.75) is 51.9 Å². The summed E-state index contributed by atoms with van der Waals surface area (Å²) < 4.78 is 4.85. The van der Waals surface area contributed by atoms with Gasteiger partial charge in [-0.15, -0.1) is 0 Å². The molecule has 0 heterocycles. The van der Waals surface area contributed by atoms with Gasteiger partial charge < -0.3 is 4.74 Å². The van der Waals surface area contributed by atoms with E-state index in [2.05, 4.69) is 37.3 Å². The van der Waals surface area contributed by atoms with Gasteiger partial charge in [0.05, 0.1) is 13.0 Å². The lowest BCUT2D eigenvalue weighted by Gasteiger charge is -2.13. The molecule has 106 valence electrons. The average molecular weight is 262 g/mol. The highest BCUT2D eigenvalue weighted by Crippen LogP contribution is 2.17. The molecule has 0 bridgehead atoms. The molecule has 0 aromatic heterocycles. The van der Waals surface area contributed by atoms with Gasteiger partial charge in [-0.2, -0.15) is 0 Å². The first-order valence-electron chi connectivity index (χ1n) is 7.39. The molecule has 1 atom stereocenters. The summed E-state index contributed by atoms with van der Waals surface area (Å²) in [7, 11) is 1.49. The molecule has 1 aromatic rings. The number of ether oxygens (including phenoxy) is 1. The molecule has 2 heteroatoms. The lowest BCUT2D eigenvalue weighted by atomic mass is 9.96. The molecule has 2 nitrogen and oxygen atoms in total. The second kappa shape index (κ2) is 9.60. The van der Waals surface area contributed by atoms with Crippen molar-refractivity contribution in [1.82, 2.24) is 0 Å². The van der Waals surface area contributed by atoms with Crippen molar-refractivity contribution < 1.29 is 9.53 Å². The van der Waals surface area contributed by atoms with Crippen LogP contribution in [0.3, 0.4) is 0 Å². The van der Waals surface area contributed by atoms with Crippen LogP contribution in [0.5, 0.6) is 0 Å². The van der Waals surface area contributed by atoms with Crippen LogP contribution in [0, 0.1) is 5.92 Å². The van der Waals surface area contributed by atoms with E-state index in [0.717, 1.165) is 32.1 Å². The standard InChI is InChI=1S/C17H26O2/c1-3-10-16(17(18)19-2)14-9-5-8-13-15-11-6-4-7-12-15/h4,6-7,11-12,16H,3,5,8-10,13-14H2,1-2H3/t16-/m0/s1. The Morgan fingerprint density at radius 3 is 2.47 bits per heavy atom. The molecule has 0 aliphatic carbocycles. The number of methoxy groups -OCH3 is 1. The van der Waals surface area contributed by atoms with Crippen LogP contribution in [0.25, 0.3) is 0 Å². The quantitative estimate of drug-likeness (QED) is 0.487. The molecule has 0 fully saturated rings. The molecule has 0 aliphatic heterocycles. The van der Waals surface area contributed by atoms with Crippen LogP contribution < -0.4 is 0 Å². The molecule has 0 amide bonds. The number of unbranched alkanes of at least 4 members (excludes halogenated alkanes) is 2. The maximum Gasteiger partial charge on any atom is 0.308 e. The Kier molecular flexibility index (Phi) is 7.95. The van der Waals surface area contributed by atoms with Crippen LogP contribution in [-0.4, -0.2) is 13.1 Å². The largest absolute Gasteiger partial charge is 0.469 e. The second-order valence-electron chi connectivity index (χ2n) is 5.09. The number of rotatable bonds is 9. The van der Waals surface area contributed by atoms with E-state index in [9.17, 15) is 4.79 Å². The number of aryl methyl sites for hydroxylation is 1. The Balaban J connectivity index is 2.16. The third-order valence-corrected chi connectivity index (χ3v) is 3.53.